The van der Waals surface area contributed by atoms with Crippen molar-refractivity contribution in [3.63, 3.8) is 0 Å². The number of rotatable bonds is 10. The Hall–Kier alpha value is -1.17. The van der Waals surface area contributed by atoms with Crippen molar-refractivity contribution in [3.8, 4) is 0 Å². The van der Waals surface area contributed by atoms with Gasteiger partial charge >= 0.3 is 5.97 Å². The van der Waals surface area contributed by atoms with E-state index in [1.165, 1.54) is 0 Å². The van der Waals surface area contributed by atoms with Crippen molar-refractivity contribution >= 4 is 5.97 Å². The highest BCUT2D eigenvalue weighted by molar-refractivity contribution is 5.70. The summed E-state index contributed by atoms with van der Waals surface area (Å²) in [6.45, 7) is 10.7. The van der Waals surface area contributed by atoms with Gasteiger partial charge in [-0.1, -0.05) is 19.1 Å². The summed E-state index contributed by atoms with van der Waals surface area (Å²) in [5, 5.41) is 10.3. The van der Waals surface area contributed by atoms with Gasteiger partial charge in [-0.2, -0.15) is 0 Å². The van der Waals surface area contributed by atoms with Crippen molar-refractivity contribution in [3.05, 3.63) is 24.3 Å². The van der Waals surface area contributed by atoms with E-state index in [4.69, 9.17) is 14.2 Å². The molecule has 1 heterocycles. The van der Waals surface area contributed by atoms with Gasteiger partial charge in [0.2, 0.25) is 0 Å². The summed E-state index contributed by atoms with van der Waals surface area (Å²) in [5.74, 6) is 0.109. The molecule has 0 bridgehead atoms. The molecule has 0 unspecified atom stereocenters. The second kappa shape index (κ2) is 11.4. The van der Waals surface area contributed by atoms with Gasteiger partial charge in [0.05, 0.1) is 44.6 Å². The lowest BCUT2D eigenvalue weighted by Crippen LogP contribution is -2.37. The standard InChI is InChI=1S/C19H32O5/c1-5-10-22-11-9-14(3)17(20)12-16-8-7-15(4)18(24-16)13-19(21)23-6-2/h5,9,15-18,20H,1,6-8,10-13H2,2-4H3/b14-9+/t15-,16+,17+,18+/m1/s1. The lowest BCUT2D eigenvalue weighted by Gasteiger charge is -2.35. The molecule has 1 aliphatic rings. The van der Waals surface area contributed by atoms with Crippen LogP contribution in [0.4, 0.5) is 0 Å². The zero-order chi connectivity index (χ0) is 17.9. The van der Waals surface area contributed by atoms with Crippen molar-refractivity contribution in [2.45, 2.75) is 64.8 Å². The molecule has 0 aromatic carbocycles. The maximum absolute atomic E-state index is 11.7. The summed E-state index contributed by atoms with van der Waals surface area (Å²) < 4.78 is 16.4. The first-order chi connectivity index (χ1) is 11.5. The maximum Gasteiger partial charge on any atom is 0.308 e. The second-order valence-electron chi connectivity index (χ2n) is 6.39. The smallest absolute Gasteiger partial charge is 0.308 e. The van der Waals surface area contributed by atoms with E-state index in [-0.39, 0.29) is 24.6 Å². The Morgan fingerprint density at radius 3 is 2.83 bits per heavy atom. The van der Waals surface area contributed by atoms with Crippen LogP contribution in [0.2, 0.25) is 0 Å². The minimum Gasteiger partial charge on any atom is -0.466 e. The number of hydrogen-bond acceptors (Lipinski definition) is 5. The van der Waals surface area contributed by atoms with Crippen molar-refractivity contribution in [2.75, 3.05) is 19.8 Å². The molecule has 24 heavy (non-hydrogen) atoms. The average molecular weight is 340 g/mol. The van der Waals surface area contributed by atoms with E-state index >= 15 is 0 Å². The van der Waals surface area contributed by atoms with E-state index in [2.05, 4.69) is 13.5 Å². The Morgan fingerprint density at radius 1 is 1.42 bits per heavy atom. The number of aliphatic hydroxyl groups is 1. The molecule has 5 heteroatoms. The molecule has 138 valence electrons. The molecule has 0 amide bonds. The normalized spacial score (nSPS) is 26.0. The van der Waals surface area contributed by atoms with Crippen LogP contribution in [-0.2, 0) is 19.0 Å². The third kappa shape index (κ3) is 7.60. The number of ether oxygens (including phenoxy) is 3. The molecule has 1 rings (SSSR count). The topological polar surface area (TPSA) is 65.0 Å². The van der Waals surface area contributed by atoms with E-state index in [0.29, 0.717) is 32.2 Å². The molecule has 0 spiro atoms. The van der Waals surface area contributed by atoms with E-state index in [9.17, 15) is 9.90 Å². The van der Waals surface area contributed by atoms with Gasteiger partial charge in [-0.3, -0.25) is 4.79 Å². The molecule has 5 nitrogen and oxygen atoms in total. The fourth-order valence-electron chi connectivity index (χ4n) is 2.80. The molecule has 1 aliphatic heterocycles. The molecule has 0 aliphatic carbocycles. The summed E-state index contributed by atoms with van der Waals surface area (Å²) in [4.78, 5) is 11.7. The van der Waals surface area contributed by atoms with Crippen LogP contribution >= 0.6 is 0 Å². The second-order valence-corrected chi connectivity index (χ2v) is 6.39. The monoisotopic (exact) mass is 340 g/mol. The lowest BCUT2D eigenvalue weighted by molar-refractivity contribution is -0.153. The number of aliphatic hydroxyl groups excluding tert-OH is 1. The zero-order valence-electron chi connectivity index (χ0n) is 15.2. The van der Waals surface area contributed by atoms with Crippen LogP contribution in [0, 0.1) is 5.92 Å². The molecule has 0 aromatic rings. The van der Waals surface area contributed by atoms with Gasteiger partial charge in [-0.05, 0) is 38.2 Å². The summed E-state index contributed by atoms with van der Waals surface area (Å²) >= 11 is 0. The fraction of sp³-hybridized carbons (Fsp3) is 0.737. The van der Waals surface area contributed by atoms with Crippen molar-refractivity contribution in [2.24, 2.45) is 5.92 Å². The summed E-state index contributed by atoms with van der Waals surface area (Å²) in [6, 6.07) is 0. The first-order valence-electron chi connectivity index (χ1n) is 8.82. The van der Waals surface area contributed by atoms with Gasteiger partial charge in [0, 0.05) is 6.42 Å². The van der Waals surface area contributed by atoms with Gasteiger partial charge in [0.15, 0.2) is 0 Å². The molecular formula is C19H32O5. The van der Waals surface area contributed by atoms with Crippen LogP contribution in [0.15, 0.2) is 24.3 Å². The molecule has 1 N–H and O–H groups in total. The highest BCUT2D eigenvalue weighted by Gasteiger charge is 2.31. The third-order valence-electron chi connectivity index (χ3n) is 4.39. The predicted octanol–water partition coefficient (Wildman–Crippen LogP) is 3.02. The van der Waals surface area contributed by atoms with E-state index in [1.807, 2.05) is 13.0 Å². The largest absolute Gasteiger partial charge is 0.466 e. The maximum atomic E-state index is 11.7. The van der Waals surface area contributed by atoms with Gasteiger partial charge < -0.3 is 19.3 Å². The Bertz CT molecular complexity index is 418. The lowest BCUT2D eigenvalue weighted by atomic mass is 9.89. The first-order valence-corrected chi connectivity index (χ1v) is 8.82. The van der Waals surface area contributed by atoms with Crippen molar-refractivity contribution in [1.82, 2.24) is 0 Å². The fourth-order valence-corrected chi connectivity index (χ4v) is 2.80. The van der Waals surface area contributed by atoms with E-state index < -0.39 is 6.10 Å². The SMILES string of the molecule is C=CCOC/C=C(\C)[C@@H](O)C[C@@H]1CC[C@@H](C)[C@H](CC(=O)OCC)O1. The van der Waals surface area contributed by atoms with Crippen LogP contribution < -0.4 is 0 Å². The van der Waals surface area contributed by atoms with Gasteiger partial charge in [0.25, 0.3) is 0 Å². The minimum atomic E-state index is -0.556. The number of hydrogen-bond donors (Lipinski definition) is 1. The summed E-state index contributed by atoms with van der Waals surface area (Å²) in [6.07, 6.45) is 5.57. The molecular weight excluding hydrogens is 308 g/mol. The molecule has 0 saturated carbocycles. The van der Waals surface area contributed by atoms with Crippen LogP contribution in [-0.4, -0.2) is 49.2 Å². The van der Waals surface area contributed by atoms with E-state index in [1.54, 1.807) is 13.0 Å². The predicted molar refractivity (Wildman–Crippen MR) is 93.7 cm³/mol. The highest BCUT2D eigenvalue weighted by atomic mass is 16.5. The molecule has 1 fully saturated rings. The van der Waals surface area contributed by atoms with Crippen LogP contribution in [0.1, 0.15) is 46.5 Å². The quantitative estimate of drug-likeness (QED) is 0.376. The Morgan fingerprint density at radius 2 is 2.17 bits per heavy atom. The Balaban J connectivity index is 2.46. The molecule has 0 radical (unpaired) electrons. The summed E-state index contributed by atoms with van der Waals surface area (Å²) in [5.41, 5.74) is 0.878. The van der Waals surface area contributed by atoms with Crippen molar-refractivity contribution in [1.29, 1.82) is 0 Å². The van der Waals surface area contributed by atoms with Crippen molar-refractivity contribution < 1.29 is 24.1 Å². The van der Waals surface area contributed by atoms with Crippen LogP contribution in [0.3, 0.4) is 0 Å². The molecule has 4 atom stereocenters. The molecule has 0 aromatic heterocycles. The van der Waals surface area contributed by atoms with Gasteiger partial charge in [-0.25, -0.2) is 0 Å². The number of esters is 1. The van der Waals surface area contributed by atoms with Gasteiger partial charge in [0.1, 0.15) is 0 Å². The molecule has 1 saturated heterocycles. The first kappa shape index (κ1) is 20.9. The van der Waals surface area contributed by atoms with Gasteiger partial charge in [-0.15, -0.1) is 6.58 Å². The Kier molecular flexibility index (Phi) is 9.91. The highest BCUT2D eigenvalue weighted by Crippen LogP contribution is 2.30. The van der Waals surface area contributed by atoms with E-state index in [0.717, 1.165) is 18.4 Å². The number of carbonyl (C=O) groups is 1. The number of carbonyl (C=O) groups excluding carboxylic acids is 1. The third-order valence-corrected chi connectivity index (χ3v) is 4.39. The minimum absolute atomic E-state index is 0.0342. The summed E-state index contributed by atoms with van der Waals surface area (Å²) in [7, 11) is 0. The van der Waals surface area contributed by atoms with Crippen LogP contribution in [0.25, 0.3) is 0 Å². The Labute approximate surface area is 145 Å². The zero-order valence-corrected chi connectivity index (χ0v) is 15.2. The average Bonchev–Trinajstić information content (AvgIpc) is 2.54. The van der Waals surface area contributed by atoms with Crippen LogP contribution in [0.5, 0.6) is 0 Å².